The summed E-state index contributed by atoms with van der Waals surface area (Å²) in [4.78, 5) is 16.9. The van der Waals surface area contributed by atoms with Gasteiger partial charge in [-0.2, -0.15) is 5.26 Å². The number of rotatable bonds is 5. The Morgan fingerprint density at radius 2 is 2.04 bits per heavy atom. The maximum atomic E-state index is 12.6. The fraction of sp³-hybridized carbons (Fsp3) is 0.0556. The van der Waals surface area contributed by atoms with Crippen molar-refractivity contribution in [2.75, 3.05) is 18.2 Å². The smallest absolute Gasteiger partial charge is 0.223 e. The number of nitriles is 1. The van der Waals surface area contributed by atoms with Gasteiger partial charge in [-0.25, -0.2) is 0 Å². The monoisotopic (exact) mass is 350 g/mol. The highest BCUT2D eigenvalue weighted by atomic mass is 32.1. The predicted octanol–water partition coefficient (Wildman–Crippen LogP) is 3.58. The number of ether oxygens (including phenoxy) is 1. The van der Waals surface area contributed by atoms with Gasteiger partial charge in [0.25, 0.3) is 0 Å². The molecule has 3 aromatic rings. The molecular formula is C18H14N4O2S. The van der Waals surface area contributed by atoms with Crippen molar-refractivity contribution in [1.29, 1.82) is 5.26 Å². The highest BCUT2D eigenvalue weighted by Gasteiger charge is 2.22. The fourth-order valence-electron chi connectivity index (χ4n) is 2.23. The molecule has 0 aliphatic heterocycles. The first kappa shape index (κ1) is 16.5. The summed E-state index contributed by atoms with van der Waals surface area (Å²) in [5, 5.41) is 13.1. The van der Waals surface area contributed by atoms with Gasteiger partial charge in [0.15, 0.2) is 0 Å². The summed E-state index contributed by atoms with van der Waals surface area (Å²) in [7, 11) is 1.59. The third-order valence-electron chi connectivity index (χ3n) is 3.51. The Bertz CT molecular complexity index is 944. The Labute approximate surface area is 148 Å². The van der Waals surface area contributed by atoms with Crippen molar-refractivity contribution in [3.8, 4) is 11.8 Å². The molecule has 0 aliphatic rings. The second kappa shape index (κ2) is 7.03. The van der Waals surface area contributed by atoms with Gasteiger partial charge in [0, 0.05) is 11.9 Å². The molecule has 0 amide bonds. The molecule has 6 nitrogen and oxygen atoms in total. The lowest BCUT2D eigenvalue weighted by Gasteiger charge is -2.05. The Hall–Kier alpha value is -3.37. The first-order valence-corrected chi connectivity index (χ1v) is 8.15. The van der Waals surface area contributed by atoms with Crippen LogP contribution in [0.1, 0.15) is 20.9 Å². The summed E-state index contributed by atoms with van der Waals surface area (Å²) in [6.07, 6.45) is 1.54. The topological polar surface area (TPSA) is 101 Å². The summed E-state index contributed by atoms with van der Waals surface area (Å²) in [6, 6.07) is 14.4. The Balaban J connectivity index is 1.95. The van der Waals surface area contributed by atoms with Crippen LogP contribution >= 0.6 is 11.3 Å². The molecule has 3 N–H and O–H groups in total. The van der Waals surface area contributed by atoms with Crippen LogP contribution in [-0.2, 0) is 0 Å². The SMILES string of the molecule is COc1ccc(Nc2sc(C(=O)c3ccccn3)c(N)c2C#N)cc1. The number of nitrogen functional groups attached to an aromatic ring is 1. The zero-order valence-corrected chi connectivity index (χ0v) is 14.1. The predicted molar refractivity (Wildman–Crippen MR) is 97.4 cm³/mol. The molecule has 7 heteroatoms. The zero-order chi connectivity index (χ0) is 17.8. The number of benzene rings is 1. The van der Waals surface area contributed by atoms with Gasteiger partial charge in [0.05, 0.1) is 12.8 Å². The molecule has 0 bridgehead atoms. The van der Waals surface area contributed by atoms with E-state index in [0.29, 0.717) is 9.88 Å². The molecule has 0 saturated heterocycles. The summed E-state index contributed by atoms with van der Waals surface area (Å²) in [6.45, 7) is 0. The van der Waals surface area contributed by atoms with E-state index in [-0.39, 0.29) is 22.7 Å². The minimum Gasteiger partial charge on any atom is -0.497 e. The van der Waals surface area contributed by atoms with Gasteiger partial charge in [-0.05, 0) is 36.4 Å². The molecule has 3 rings (SSSR count). The molecule has 2 aromatic heterocycles. The van der Waals surface area contributed by atoms with Gasteiger partial charge in [0.2, 0.25) is 5.78 Å². The van der Waals surface area contributed by atoms with Crippen LogP contribution in [0.5, 0.6) is 5.75 Å². The molecule has 1 aromatic carbocycles. The number of hydrogen-bond donors (Lipinski definition) is 2. The van der Waals surface area contributed by atoms with E-state index in [9.17, 15) is 10.1 Å². The van der Waals surface area contributed by atoms with E-state index in [2.05, 4.69) is 16.4 Å². The number of aromatic nitrogens is 1. The number of thiophene rings is 1. The molecule has 0 atom stereocenters. The second-order valence-corrected chi connectivity index (χ2v) is 6.08. The van der Waals surface area contributed by atoms with Gasteiger partial charge in [-0.1, -0.05) is 6.07 Å². The van der Waals surface area contributed by atoms with Crippen molar-refractivity contribution < 1.29 is 9.53 Å². The normalized spacial score (nSPS) is 10.1. The van der Waals surface area contributed by atoms with Crippen LogP contribution in [0.4, 0.5) is 16.4 Å². The Kier molecular flexibility index (Phi) is 4.64. The van der Waals surface area contributed by atoms with Crippen LogP contribution in [0.15, 0.2) is 48.7 Å². The van der Waals surface area contributed by atoms with Crippen molar-refractivity contribution in [2.24, 2.45) is 0 Å². The zero-order valence-electron chi connectivity index (χ0n) is 13.3. The number of carbonyl (C=O) groups is 1. The molecule has 2 heterocycles. The third kappa shape index (κ3) is 3.29. The first-order chi connectivity index (χ1) is 12.1. The number of anilines is 3. The molecule has 0 spiro atoms. The summed E-state index contributed by atoms with van der Waals surface area (Å²) < 4.78 is 5.12. The van der Waals surface area contributed by atoms with E-state index in [1.165, 1.54) is 0 Å². The maximum Gasteiger partial charge on any atom is 0.223 e. The lowest BCUT2D eigenvalue weighted by atomic mass is 10.1. The number of ketones is 1. The van der Waals surface area contributed by atoms with Gasteiger partial charge >= 0.3 is 0 Å². The quantitative estimate of drug-likeness (QED) is 0.682. The molecule has 0 saturated carbocycles. The first-order valence-electron chi connectivity index (χ1n) is 7.33. The molecule has 0 radical (unpaired) electrons. The van der Waals surface area contributed by atoms with E-state index < -0.39 is 0 Å². The maximum absolute atomic E-state index is 12.6. The van der Waals surface area contributed by atoms with Crippen LogP contribution in [0.2, 0.25) is 0 Å². The number of carbonyl (C=O) groups excluding carboxylic acids is 1. The summed E-state index contributed by atoms with van der Waals surface area (Å²) >= 11 is 1.14. The molecular weight excluding hydrogens is 336 g/mol. The second-order valence-electron chi connectivity index (χ2n) is 5.06. The number of pyridine rings is 1. The highest BCUT2D eigenvalue weighted by Crippen LogP contribution is 2.38. The number of nitrogens with one attached hydrogen (secondary N) is 1. The van der Waals surface area contributed by atoms with Crippen molar-refractivity contribution in [3.63, 3.8) is 0 Å². The van der Waals surface area contributed by atoms with Crippen LogP contribution in [-0.4, -0.2) is 17.9 Å². The standard InChI is InChI=1S/C18H14N4O2S/c1-24-12-7-5-11(6-8-12)22-18-13(10-19)15(20)17(25-18)16(23)14-4-2-3-9-21-14/h2-9,22H,20H2,1H3. The fourth-order valence-corrected chi connectivity index (χ4v) is 3.27. The molecule has 0 aliphatic carbocycles. The number of methoxy groups -OCH3 is 1. The van der Waals surface area contributed by atoms with Crippen molar-refractivity contribution >= 4 is 33.5 Å². The lowest BCUT2D eigenvalue weighted by Crippen LogP contribution is -2.04. The van der Waals surface area contributed by atoms with E-state index in [4.69, 9.17) is 10.5 Å². The minimum absolute atomic E-state index is 0.166. The van der Waals surface area contributed by atoms with Crippen LogP contribution in [0.3, 0.4) is 0 Å². The molecule has 25 heavy (non-hydrogen) atoms. The van der Waals surface area contributed by atoms with Gasteiger partial charge < -0.3 is 15.8 Å². The van der Waals surface area contributed by atoms with E-state index >= 15 is 0 Å². The molecule has 124 valence electrons. The largest absolute Gasteiger partial charge is 0.497 e. The van der Waals surface area contributed by atoms with E-state index in [1.54, 1.807) is 43.6 Å². The van der Waals surface area contributed by atoms with Crippen molar-refractivity contribution in [2.45, 2.75) is 0 Å². The van der Waals surface area contributed by atoms with Crippen LogP contribution in [0, 0.1) is 11.3 Å². The Morgan fingerprint density at radius 1 is 1.28 bits per heavy atom. The molecule has 0 fully saturated rings. The van der Waals surface area contributed by atoms with Gasteiger partial charge in [0.1, 0.15) is 33.0 Å². The lowest BCUT2D eigenvalue weighted by molar-refractivity contribution is 0.103. The number of hydrogen-bond acceptors (Lipinski definition) is 7. The third-order valence-corrected chi connectivity index (χ3v) is 4.63. The van der Waals surface area contributed by atoms with Crippen LogP contribution < -0.4 is 15.8 Å². The van der Waals surface area contributed by atoms with Gasteiger partial charge in [-0.3, -0.25) is 9.78 Å². The summed E-state index contributed by atoms with van der Waals surface area (Å²) in [5.74, 6) is 0.421. The molecule has 0 unspecified atom stereocenters. The number of nitrogens with two attached hydrogens (primary N) is 1. The van der Waals surface area contributed by atoms with Crippen molar-refractivity contribution in [3.05, 3.63) is 64.8 Å². The number of nitrogens with zero attached hydrogens (tertiary/aromatic N) is 2. The Morgan fingerprint density at radius 3 is 2.64 bits per heavy atom. The average molecular weight is 350 g/mol. The minimum atomic E-state index is -0.303. The van der Waals surface area contributed by atoms with Crippen molar-refractivity contribution in [1.82, 2.24) is 4.98 Å². The van der Waals surface area contributed by atoms with E-state index in [0.717, 1.165) is 22.8 Å². The van der Waals surface area contributed by atoms with E-state index in [1.807, 2.05) is 12.1 Å². The average Bonchev–Trinajstić information content (AvgIpc) is 2.97. The summed E-state index contributed by atoms with van der Waals surface area (Å²) in [5.41, 5.74) is 7.50. The van der Waals surface area contributed by atoms with Gasteiger partial charge in [-0.15, -0.1) is 11.3 Å². The highest BCUT2D eigenvalue weighted by molar-refractivity contribution is 7.19. The van der Waals surface area contributed by atoms with Crippen LogP contribution in [0.25, 0.3) is 0 Å².